The molecule has 0 unspecified atom stereocenters. The van der Waals surface area contributed by atoms with Crippen LogP contribution in [0.25, 0.3) is 20.5 Å². The first kappa shape index (κ1) is 17.5. The van der Waals surface area contributed by atoms with Crippen molar-refractivity contribution in [2.75, 3.05) is 12.4 Å². The van der Waals surface area contributed by atoms with Crippen molar-refractivity contribution in [1.82, 2.24) is 0 Å². The summed E-state index contributed by atoms with van der Waals surface area (Å²) >= 11 is 2.89. The highest BCUT2D eigenvalue weighted by atomic mass is 32.1. The number of amides is 1. The number of hydrogen-bond donors (Lipinski definition) is 1. The summed E-state index contributed by atoms with van der Waals surface area (Å²) in [7, 11) is 1.58. The molecule has 0 radical (unpaired) electrons. The van der Waals surface area contributed by atoms with Gasteiger partial charge in [0.15, 0.2) is 5.43 Å². The first-order valence-corrected chi connectivity index (χ1v) is 9.92. The van der Waals surface area contributed by atoms with Gasteiger partial charge in [0.25, 0.3) is 5.91 Å². The van der Waals surface area contributed by atoms with E-state index in [1.807, 2.05) is 41.8 Å². The lowest BCUT2D eigenvalue weighted by Gasteiger charge is -2.11. The van der Waals surface area contributed by atoms with E-state index in [4.69, 9.17) is 4.74 Å². The monoisotopic (exact) mass is 393 g/mol. The number of anilines is 1. The average molecular weight is 393 g/mol. The van der Waals surface area contributed by atoms with Crippen LogP contribution in [0.15, 0.2) is 70.8 Å². The van der Waals surface area contributed by atoms with Crippen LogP contribution in [0.5, 0.6) is 5.75 Å². The molecule has 2 aromatic carbocycles. The van der Waals surface area contributed by atoms with Gasteiger partial charge in [-0.3, -0.25) is 9.59 Å². The van der Waals surface area contributed by atoms with E-state index >= 15 is 0 Å². The van der Waals surface area contributed by atoms with Gasteiger partial charge in [0.2, 0.25) is 0 Å². The maximum absolute atomic E-state index is 13.1. The van der Waals surface area contributed by atoms with Crippen molar-refractivity contribution < 1.29 is 9.53 Å². The van der Waals surface area contributed by atoms with Gasteiger partial charge in [-0.2, -0.15) is 0 Å². The normalized spacial score (nSPS) is 10.7. The van der Waals surface area contributed by atoms with Gasteiger partial charge in [0.1, 0.15) is 10.8 Å². The number of hydrogen-bond acceptors (Lipinski definition) is 5. The molecule has 1 N–H and O–H groups in total. The van der Waals surface area contributed by atoms with Crippen LogP contribution in [-0.4, -0.2) is 13.0 Å². The van der Waals surface area contributed by atoms with E-state index in [1.165, 1.54) is 22.7 Å². The standard InChI is InChI=1S/C21H15NO3S2/c1-25-14-10-8-13(9-11-14)20(24)22-21-18(17-7-4-12-26-17)19(23)15-5-2-3-6-16(15)27-21/h2-12H,1H3,(H,22,24). The zero-order valence-electron chi connectivity index (χ0n) is 14.4. The largest absolute Gasteiger partial charge is 0.497 e. The summed E-state index contributed by atoms with van der Waals surface area (Å²) in [5.74, 6) is 0.419. The molecule has 0 saturated heterocycles. The molecule has 4 rings (SSSR count). The average Bonchev–Trinajstić information content (AvgIpc) is 3.22. The van der Waals surface area contributed by atoms with Crippen LogP contribution >= 0.6 is 22.7 Å². The summed E-state index contributed by atoms with van der Waals surface area (Å²) in [6, 6.07) is 18.1. The van der Waals surface area contributed by atoms with Crippen LogP contribution in [0.3, 0.4) is 0 Å². The molecule has 2 aromatic heterocycles. The maximum atomic E-state index is 13.1. The summed E-state index contributed by atoms with van der Waals surface area (Å²) in [6.07, 6.45) is 0. The number of rotatable bonds is 4. The van der Waals surface area contributed by atoms with Gasteiger partial charge in [0, 0.05) is 20.5 Å². The Morgan fingerprint density at radius 2 is 1.78 bits per heavy atom. The Labute approximate surface area is 163 Å². The molecule has 4 aromatic rings. The van der Waals surface area contributed by atoms with Crippen molar-refractivity contribution in [3.05, 3.63) is 81.8 Å². The van der Waals surface area contributed by atoms with Gasteiger partial charge >= 0.3 is 0 Å². The third-order valence-corrected chi connectivity index (χ3v) is 6.12. The molecule has 0 atom stereocenters. The minimum absolute atomic E-state index is 0.0724. The van der Waals surface area contributed by atoms with Gasteiger partial charge in [-0.1, -0.05) is 18.2 Å². The van der Waals surface area contributed by atoms with E-state index in [0.717, 1.165) is 9.58 Å². The highest BCUT2D eigenvalue weighted by molar-refractivity contribution is 7.23. The Morgan fingerprint density at radius 3 is 2.48 bits per heavy atom. The maximum Gasteiger partial charge on any atom is 0.256 e. The van der Waals surface area contributed by atoms with E-state index < -0.39 is 0 Å². The SMILES string of the molecule is COc1ccc(C(=O)Nc2sc3ccccc3c(=O)c2-c2cccs2)cc1. The van der Waals surface area contributed by atoms with Gasteiger partial charge in [-0.05, 0) is 47.8 Å². The highest BCUT2D eigenvalue weighted by Crippen LogP contribution is 2.35. The van der Waals surface area contributed by atoms with Crippen molar-refractivity contribution in [2.24, 2.45) is 0 Å². The number of carbonyl (C=O) groups is 1. The van der Waals surface area contributed by atoms with Crippen LogP contribution in [0, 0.1) is 0 Å². The topological polar surface area (TPSA) is 55.4 Å². The number of benzene rings is 2. The second-order valence-corrected chi connectivity index (χ2v) is 7.79. The quantitative estimate of drug-likeness (QED) is 0.515. The van der Waals surface area contributed by atoms with Gasteiger partial charge < -0.3 is 10.1 Å². The second kappa shape index (κ2) is 7.34. The molecule has 0 aliphatic heterocycles. The van der Waals surface area contributed by atoms with Crippen LogP contribution in [-0.2, 0) is 0 Å². The van der Waals surface area contributed by atoms with E-state index in [9.17, 15) is 9.59 Å². The Bertz CT molecular complexity index is 1160. The van der Waals surface area contributed by atoms with Crippen molar-refractivity contribution in [3.8, 4) is 16.2 Å². The molecule has 2 heterocycles. The Kier molecular flexibility index (Phi) is 4.75. The third kappa shape index (κ3) is 3.37. The summed E-state index contributed by atoms with van der Waals surface area (Å²) in [5, 5.41) is 6.07. The fourth-order valence-electron chi connectivity index (χ4n) is 2.79. The molecular weight excluding hydrogens is 378 g/mol. The first-order valence-electron chi connectivity index (χ1n) is 8.22. The smallest absolute Gasteiger partial charge is 0.256 e. The fourth-order valence-corrected chi connectivity index (χ4v) is 4.72. The molecule has 27 heavy (non-hydrogen) atoms. The Hall–Kier alpha value is -2.96. The highest BCUT2D eigenvalue weighted by Gasteiger charge is 2.18. The van der Waals surface area contributed by atoms with Crippen molar-refractivity contribution in [2.45, 2.75) is 0 Å². The summed E-state index contributed by atoms with van der Waals surface area (Å²) < 4.78 is 5.97. The van der Waals surface area contributed by atoms with Crippen LogP contribution in [0.2, 0.25) is 0 Å². The molecule has 1 amide bonds. The Morgan fingerprint density at radius 1 is 1.00 bits per heavy atom. The molecule has 4 nitrogen and oxygen atoms in total. The molecule has 134 valence electrons. The van der Waals surface area contributed by atoms with Gasteiger partial charge in [-0.25, -0.2) is 0 Å². The van der Waals surface area contributed by atoms with Crippen molar-refractivity contribution in [1.29, 1.82) is 0 Å². The first-order chi connectivity index (χ1) is 13.2. The van der Waals surface area contributed by atoms with Gasteiger partial charge in [-0.15, -0.1) is 22.7 Å². The van der Waals surface area contributed by atoms with Crippen molar-refractivity contribution in [3.63, 3.8) is 0 Å². The van der Waals surface area contributed by atoms with E-state index in [0.29, 0.717) is 27.3 Å². The summed E-state index contributed by atoms with van der Waals surface area (Å²) in [5.41, 5.74) is 0.966. The predicted molar refractivity (Wildman–Crippen MR) is 112 cm³/mol. The molecular formula is C21H15NO3S2. The van der Waals surface area contributed by atoms with E-state index in [1.54, 1.807) is 31.4 Å². The van der Waals surface area contributed by atoms with Gasteiger partial charge in [0.05, 0.1) is 12.7 Å². The second-order valence-electron chi connectivity index (χ2n) is 5.79. The number of carbonyl (C=O) groups excluding carboxylic acids is 1. The third-order valence-electron chi connectivity index (χ3n) is 4.14. The van der Waals surface area contributed by atoms with Crippen molar-refractivity contribution >= 4 is 43.7 Å². The molecule has 6 heteroatoms. The summed E-state index contributed by atoms with van der Waals surface area (Å²) in [4.78, 5) is 26.7. The molecule has 0 bridgehead atoms. The van der Waals surface area contributed by atoms with E-state index in [2.05, 4.69) is 5.32 Å². The molecule has 0 spiro atoms. The number of fused-ring (bicyclic) bond motifs is 1. The molecule has 0 fully saturated rings. The summed E-state index contributed by atoms with van der Waals surface area (Å²) in [6.45, 7) is 0. The van der Waals surface area contributed by atoms with Crippen LogP contribution in [0.1, 0.15) is 10.4 Å². The number of methoxy groups -OCH3 is 1. The predicted octanol–water partition coefficient (Wildman–Crippen LogP) is 5.25. The van der Waals surface area contributed by atoms with Crippen LogP contribution < -0.4 is 15.5 Å². The molecule has 0 aliphatic carbocycles. The lowest BCUT2D eigenvalue weighted by atomic mass is 10.1. The molecule has 0 saturated carbocycles. The Balaban J connectivity index is 1.81. The van der Waals surface area contributed by atoms with Crippen LogP contribution in [0.4, 0.5) is 5.00 Å². The minimum atomic E-state index is -0.263. The number of nitrogens with one attached hydrogen (secondary N) is 1. The lowest BCUT2D eigenvalue weighted by molar-refractivity contribution is 0.102. The van der Waals surface area contributed by atoms with E-state index in [-0.39, 0.29) is 11.3 Å². The number of ether oxygens (including phenoxy) is 1. The zero-order valence-corrected chi connectivity index (χ0v) is 16.0. The molecule has 0 aliphatic rings. The number of thiophene rings is 1. The lowest BCUT2D eigenvalue weighted by Crippen LogP contribution is -2.15. The minimum Gasteiger partial charge on any atom is -0.497 e. The fraction of sp³-hybridized carbons (Fsp3) is 0.0476. The zero-order chi connectivity index (χ0) is 18.8.